The van der Waals surface area contributed by atoms with Crippen LogP contribution in [0.1, 0.15) is 62.1 Å². The van der Waals surface area contributed by atoms with E-state index in [1.807, 2.05) is 12.1 Å². The molecule has 2 aliphatic heterocycles. The third-order valence-corrected chi connectivity index (χ3v) is 8.26. The number of carbonyl (C=O) groups is 1. The van der Waals surface area contributed by atoms with Crippen LogP contribution in [0, 0.1) is 5.92 Å². The summed E-state index contributed by atoms with van der Waals surface area (Å²) in [6.07, 6.45) is 5.45. The average molecular weight is 497 g/mol. The molecule has 4 rings (SSSR count). The Bertz CT molecular complexity index is 1150. The van der Waals surface area contributed by atoms with Crippen LogP contribution < -0.4 is 10.0 Å². The maximum absolute atomic E-state index is 12.4. The summed E-state index contributed by atoms with van der Waals surface area (Å²) in [7, 11) is -3.49. The van der Waals surface area contributed by atoms with Gasteiger partial charge in [0.15, 0.2) is 0 Å². The fraction of sp³-hybridized carbons (Fsp3) is 0.481. The summed E-state index contributed by atoms with van der Waals surface area (Å²) >= 11 is 0. The summed E-state index contributed by atoms with van der Waals surface area (Å²) < 4.78 is 26.8. The van der Waals surface area contributed by atoms with Crippen LogP contribution in [-0.2, 0) is 27.9 Å². The quantitative estimate of drug-likeness (QED) is 0.489. The first-order chi connectivity index (χ1) is 16.9. The van der Waals surface area contributed by atoms with Crippen molar-refractivity contribution in [2.45, 2.75) is 63.4 Å². The number of amidine groups is 1. The van der Waals surface area contributed by atoms with Gasteiger partial charge < -0.3 is 5.32 Å². The number of piperidine rings is 1. The number of nitrogens with one attached hydrogen (secondary N) is 2. The molecule has 2 aromatic carbocycles. The van der Waals surface area contributed by atoms with Gasteiger partial charge in [-0.3, -0.25) is 19.4 Å². The number of hydrogen-bond acceptors (Lipinski definition) is 5. The number of carbonyl (C=O) groups excluding carboxylic acids is 1. The SMILES string of the molecule is CC1CCN(Cc2ccccc2CNC(=O)CCCCCN=C2NS(=O)(=O)c3ccccc32)CC1. The van der Waals surface area contributed by atoms with E-state index >= 15 is 0 Å². The second-order valence-corrected chi connectivity index (χ2v) is 11.3. The molecular formula is C27H36N4O3S. The Hall–Kier alpha value is -2.71. The molecule has 188 valence electrons. The van der Waals surface area contributed by atoms with Crippen LogP contribution in [0.4, 0.5) is 0 Å². The molecule has 1 saturated heterocycles. The Morgan fingerprint density at radius 3 is 2.54 bits per heavy atom. The van der Waals surface area contributed by atoms with Crippen molar-refractivity contribution in [3.8, 4) is 0 Å². The summed E-state index contributed by atoms with van der Waals surface area (Å²) in [5.41, 5.74) is 3.11. The molecule has 1 amide bonds. The third kappa shape index (κ3) is 6.92. The van der Waals surface area contributed by atoms with Gasteiger partial charge in [-0.05, 0) is 68.0 Å². The molecule has 7 nitrogen and oxygen atoms in total. The van der Waals surface area contributed by atoms with Crippen molar-refractivity contribution in [3.63, 3.8) is 0 Å². The van der Waals surface area contributed by atoms with Gasteiger partial charge in [0, 0.05) is 31.6 Å². The van der Waals surface area contributed by atoms with Gasteiger partial charge in [-0.2, -0.15) is 0 Å². The molecule has 35 heavy (non-hydrogen) atoms. The minimum absolute atomic E-state index is 0.0652. The van der Waals surface area contributed by atoms with Gasteiger partial charge in [0.05, 0.1) is 4.90 Å². The molecule has 2 heterocycles. The largest absolute Gasteiger partial charge is 0.352 e. The van der Waals surface area contributed by atoms with Gasteiger partial charge in [-0.1, -0.05) is 49.7 Å². The number of likely N-dealkylation sites (tertiary alicyclic amines) is 1. The molecule has 0 unspecified atom stereocenters. The fourth-order valence-corrected chi connectivity index (χ4v) is 5.89. The Morgan fingerprint density at radius 1 is 1.03 bits per heavy atom. The summed E-state index contributed by atoms with van der Waals surface area (Å²) in [4.78, 5) is 19.6. The Morgan fingerprint density at radius 2 is 1.74 bits per heavy atom. The van der Waals surface area contributed by atoms with E-state index in [1.165, 1.54) is 24.0 Å². The number of sulfonamides is 1. The van der Waals surface area contributed by atoms with E-state index in [9.17, 15) is 13.2 Å². The minimum atomic E-state index is -3.49. The first-order valence-electron chi connectivity index (χ1n) is 12.6. The highest BCUT2D eigenvalue weighted by atomic mass is 32.2. The van der Waals surface area contributed by atoms with Crippen LogP contribution in [-0.4, -0.2) is 44.7 Å². The van der Waals surface area contributed by atoms with Crippen molar-refractivity contribution in [1.82, 2.24) is 14.9 Å². The van der Waals surface area contributed by atoms with Crippen molar-refractivity contribution >= 4 is 21.8 Å². The molecule has 0 atom stereocenters. The van der Waals surface area contributed by atoms with Crippen LogP contribution in [0.15, 0.2) is 58.4 Å². The smallest absolute Gasteiger partial charge is 0.263 e. The normalized spacial score (nSPS) is 18.8. The lowest BCUT2D eigenvalue weighted by Crippen LogP contribution is -2.33. The van der Waals surface area contributed by atoms with Gasteiger partial charge in [-0.15, -0.1) is 0 Å². The van der Waals surface area contributed by atoms with E-state index in [1.54, 1.807) is 18.2 Å². The van der Waals surface area contributed by atoms with Gasteiger partial charge >= 0.3 is 0 Å². The van der Waals surface area contributed by atoms with Crippen molar-refractivity contribution in [1.29, 1.82) is 0 Å². The molecule has 2 N–H and O–H groups in total. The summed E-state index contributed by atoms with van der Waals surface area (Å²) in [5.74, 6) is 1.30. The van der Waals surface area contributed by atoms with Crippen molar-refractivity contribution in [2.75, 3.05) is 19.6 Å². The van der Waals surface area contributed by atoms with Crippen LogP contribution >= 0.6 is 0 Å². The van der Waals surface area contributed by atoms with Crippen molar-refractivity contribution in [2.24, 2.45) is 10.9 Å². The molecule has 2 aromatic rings. The summed E-state index contributed by atoms with van der Waals surface area (Å²) in [6, 6.07) is 15.3. The molecule has 0 aliphatic carbocycles. The highest BCUT2D eigenvalue weighted by Crippen LogP contribution is 2.22. The van der Waals surface area contributed by atoms with Crippen molar-refractivity contribution in [3.05, 3.63) is 65.2 Å². The number of benzene rings is 2. The number of rotatable bonds is 10. The average Bonchev–Trinajstić information content (AvgIpc) is 3.12. The lowest BCUT2D eigenvalue weighted by Gasteiger charge is -2.30. The highest BCUT2D eigenvalue weighted by Gasteiger charge is 2.29. The number of aliphatic imine (C=N–C) groups is 1. The molecule has 8 heteroatoms. The van der Waals surface area contributed by atoms with Crippen LogP contribution in [0.5, 0.6) is 0 Å². The molecule has 0 radical (unpaired) electrons. The van der Waals surface area contributed by atoms with Crippen LogP contribution in [0.2, 0.25) is 0 Å². The van der Waals surface area contributed by atoms with Crippen molar-refractivity contribution < 1.29 is 13.2 Å². The topological polar surface area (TPSA) is 90.9 Å². The summed E-state index contributed by atoms with van der Waals surface area (Å²) in [5, 5.41) is 3.08. The molecule has 1 fully saturated rings. The zero-order valence-electron chi connectivity index (χ0n) is 20.5. The van der Waals surface area contributed by atoms with Gasteiger partial charge in [0.1, 0.15) is 5.84 Å². The lowest BCUT2D eigenvalue weighted by molar-refractivity contribution is -0.121. The van der Waals surface area contributed by atoms with Gasteiger partial charge in [-0.25, -0.2) is 8.42 Å². The van der Waals surface area contributed by atoms with Gasteiger partial charge in [0.2, 0.25) is 5.91 Å². The number of fused-ring (bicyclic) bond motifs is 1. The van der Waals surface area contributed by atoms with E-state index in [0.29, 0.717) is 30.9 Å². The van der Waals surface area contributed by atoms with E-state index in [0.717, 1.165) is 44.8 Å². The standard InChI is InChI=1S/C27H36N4O3S/c1-21-14-17-31(18-15-21)20-23-10-5-4-9-22(23)19-29-26(32)13-3-2-8-16-28-27-24-11-6-7-12-25(24)35(33,34)30-27/h4-7,9-12,21H,2-3,8,13-20H2,1H3,(H,28,30)(H,29,32). The molecular weight excluding hydrogens is 460 g/mol. The number of amides is 1. The fourth-order valence-electron chi connectivity index (χ4n) is 4.64. The third-order valence-electron chi connectivity index (χ3n) is 6.86. The molecule has 2 aliphatic rings. The Labute approximate surface area is 209 Å². The van der Waals surface area contributed by atoms with Crippen LogP contribution in [0.3, 0.4) is 0 Å². The van der Waals surface area contributed by atoms with E-state index in [-0.39, 0.29) is 10.8 Å². The maximum atomic E-state index is 12.4. The second kappa shape index (κ2) is 11.8. The van der Waals surface area contributed by atoms with E-state index < -0.39 is 10.0 Å². The second-order valence-electron chi connectivity index (χ2n) is 9.65. The minimum Gasteiger partial charge on any atom is -0.352 e. The monoisotopic (exact) mass is 496 g/mol. The lowest BCUT2D eigenvalue weighted by atomic mass is 9.98. The molecule has 0 spiro atoms. The van der Waals surface area contributed by atoms with Gasteiger partial charge in [0.25, 0.3) is 10.0 Å². The predicted molar refractivity (Wildman–Crippen MR) is 139 cm³/mol. The van der Waals surface area contributed by atoms with Crippen LogP contribution in [0.25, 0.3) is 0 Å². The zero-order chi connectivity index (χ0) is 24.7. The predicted octanol–water partition coefficient (Wildman–Crippen LogP) is 3.83. The maximum Gasteiger partial charge on any atom is 0.263 e. The molecule has 0 aromatic heterocycles. The Balaban J connectivity index is 1.16. The zero-order valence-corrected chi connectivity index (χ0v) is 21.3. The number of unbranched alkanes of at least 4 members (excludes halogenated alkanes) is 2. The highest BCUT2D eigenvalue weighted by molar-refractivity contribution is 7.90. The first-order valence-corrected chi connectivity index (χ1v) is 14.1. The number of nitrogens with zero attached hydrogens (tertiary/aromatic N) is 2. The summed E-state index contributed by atoms with van der Waals surface area (Å²) in [6.45, 7) is 6.65. The Kier molecular flexibility index (Phi) is 8.57. The van der Waals surface area contributed by atoms with E-state index in [2.05, 4.69) is 45.1 Å². The molecule has 0 bridgehead atoms. The van der Waals surface area contributed by atoms with E-state index in [4.69, 9.17) is 0 Å². The molecule has 0 saturated carbocycles. The first kappa shape index (κ1) is 25.4. The number of hydrogen-bond donors (Lipinski definition) is 2.